The van der Waals surface area contributed by atoms with Crippen molar-refractivity contribution in [3.05, 3.63) is 0 Å². The van der Waals surface area contributed by atoms with Gasteiger partial charge in [0.25, 0.3) is 0 Å². The maximum atomic E-state index is 6.12. The van der Waals surface area contributed by atoms with Gasteiger partial charge in [-0.2, -0.15) is 0 Å². The predicted octanol–water partition coefficient (Wildman–Crippen LogP) is 1.92. The maximum absolute atomic E-state index is 6.12. The van der Waals surface area contributed by atoms with E-state index in [1.165, 1.54) is 58.4 Å². The summed E-state index contributed by atoms with van der Waals surface area (Å²) in [5, 5.41) is 0. The van der Waals surface area contributed by atoms with Crippen LogP contribution in [-0.4, -0.2) is 54.6 Å². The van der Waals surface area contributed by atoms with Crippen molar-refractivity contribution in [3.8, 4) is 0 Å². The first-order valence-electron chi connectivity index (χ1n) is 7.89. The maximum Gasteiger partial charge on any atom is 0.0113 e. The van der Waals surface area contributed by atoms with Gasteiger partial charge in [0.1, 0.15) is 0 Å². The SMILES string of the molecule is CC(C)C(N)CCN1CCN(C2CCCC2)CC1. The third-order valence-electron chi connectivity index (χ3n) is 4.88. The van der Waals surface area contributed by atoms with E-state index in [1.54, 1.807) is 0 Å². The summed E-state index contributed by atoms with van der Waals surface area (Å²) >= 11 is 0. The van der Waals surface area contributed by atoms with Gasteiger partial charge >= 0.3 is 0 Å². The summed E-state index contributed by atoms with van der Waals surface area (Å²) in [5.74, 6) is 0.616. The van der Waals surface area contributed by atoms with E-state index in [1.807, 2.05) is 0 Å². The Bertz CT molecular complexity index is 228. The first-order valence-corrected chi connectivity index (χ1v) is 7.89. The lowest BCUT2D eigenvalue weighted by Gasteiger charge is -2.38. The van der Waals surface area contributed by atoms with Crippen LogP contribution in [0.3, 0.4) is 0 Å². The van der Waals surface area contributed by atoms with E-state index < -0.39 is 0 Å². The summed E-state index contributed by atoms with van der Waals surface area (Å²) in [5.41, 5.74) is 6.12. The fraction of sp³-hybridized carbons (Fsp3) is 1.00. The minimum Gasteiger partial charge on any atom is -0.327 e. The summed E-state index contributed by atoms with van der Waals surface area (Å²) in [7, 11) is 0. The first-order chi connectivity index (χ1) is 8.66. The van der Waals surface area contributed by atoms with Gasteiger partial charge in [0.15, 0.2) is 0 Å². The molecule has 1 heterocycles. The van der Waals surface area contributed by atoms with E-state index >= 15 is 0 Å². The quantitative estimate of drug-likeness (QED) is 0.812. The van der Waals surface area contributed by atoms with Gasteiger partial charge in [0.05, 0.1) is 0 Å². The van der Waals surface area contributed by atoms with Crippen molar-refractivity contribution in [3.63, 3.8) is 0 Å². The molecule has 1 aliphatic heterocycles. The second kappa shape index (κ2) is 6.88. The summed E-state index contributed by atoms with van der Waals surface area (Å²) in [6, 6.07) is 1.28. The molecule has 0 amide bonds. The van der Waals surface area contributed by atoms with Crippen LogP contribution in [-0.2, 0) is 0 Å². The van der Waals surface area contributed by atoms with Gasteiger partial charge < -0.3 is 10.6 Å². The molecule has 0 aromatic carbocycles. The lowest BCUT2D eigenvalue weighted by Crippen LogP contribution is -2.50. The van der Waals surface area contributed by atoms with Crippen molar-refractivity contribution in [1.29, 1.82) is 0 Å². The van der Waals surface area contributed by atoms with E-state index in [9.17, 15) is 0 Å². The molecule has 1 aliphatic carbocycles. The summed E-state index contributed by atoms with van der Waals surface area (Å²) in [4.78, 5) is 5.33. The average Bonchev–Trinajstić information content (AvgIpc) is 2.90. The van der Waals surface area contributed by atoms with Crippen LogP contribution in [0.15, 0.2) is 0 Å². The average molecular weight is 253 g/mol. The van der Waals surface area contributed by atoms with Crippen LogP contribution >= 0.6 is 0 Å². The molecule has 3 heteroatoms. The molecule has 18 heavy (non-hydrogen) atoms. The van der Waals surface area contributed by atoms with Gasteiger partial charge in [-0.3, -0.25) is 4.90 Å². The van der Waals surface area contributed by atoms with Gasteiger partial charge in [-0.05, 0) is 31.7 Å². The highest BCUT2D eigenvalue weighted by atomic mass is 15.3. The molecule has 1 atom stereocenters. The molecular weight excluding hydrogens is 222 g/mol. The number of piperazine rings is 1. The minimum absolute atomic E-state index is 0.373. The molecule has 1 saturated carbocycles. The van der Waals surface area contributed by atoms with Crippen molar-refractivity contribution in [2.45, 2.75) is 58.0 Å². The molecule has 2 rings (SSSR count). The molecule has 106 valence electrons. The third-order valence-corrected chi connectivity index (χ3v) is 4.88. The van der Waals surface area contributed by atoms with Gasteiger partial charge in [-0.25, -0.2) is 0 Å². The smallest absolute Gasteiger partial charge is 0.0113 e. The second-order valence-corrected chi connectivity index (χ2v) is 6.51. The molecule has 2 aliphatic rings. The van der Waals surface area contributed by atoms with E-state index in [2.05, 4.69) is 23.6 Å². The Labute approximate surface area is 113 Å². The lowest BCUT2D eigenvalue weighted by atomic mass is 10.0. The highest BCUT2D eigenvalue weighted by molar-refractivity contribution is 4.82. The highest BCUT2D eigenvalue weighted by Crippen LogP contribution is 2.24. The van der Waals surface area contributed by atoms with Gasteiger partial charge in [0.2, 0.25) is 0 Å². The zero-order valence-electron chi connectivity index (χ0n) is 12.3. The molecule has 3 nitrogen and oxygen atoms in total. The minimum atomic E-state index is 0.373. The second-order valence-electron chi connectivity index (χ2n) is 6.51. The number of hydrogen-bond acceptors (Lipinski definition) is 3. The molecule has 1 saturated heterocycles. The Balaban J connectivity index is 1.64. The molecule has 2 fully saturated rings. The van der Waals surface area contributed by atoms with Crippen molar-refractivity contribution in [1.82, 2.24) is 9.80 Å². The molecule has 0 aromatic heterocycles. The first kappa shape index (κ1) is 14.3. The number of rotatable bonds is 5. The molecule has 2 N–H and O–H groups in total. The Kier molecular flexibility index (Phi) is 5.46. The monoisotopic (exact) mass is 253 g/mol. The Morgan fingerprint density at radius 2 is 1.67 bits per heavy atom. The normalized spacial score (nSPS) is 26.0. The standard InChI is InChI=1S/C15H31N3/c1-13(2)15(16)7-8-17-9-11-18(12-10-17)14-5-3-4-6-14/h13-15H,3-12,16H2,1-2H3. The molecular formula is C15H31N3. The van der Waals surface area contributed by atoms with E-state index in [-0.39, 0.29) is 0 Å². The van der Waals surface area contributed by atoms with Gasteiger partial charge in [0, 0.05) is 38.3 Å². The Hall–Kier alpha value is -0.120. The van der Waals surface area contributed by atoms with E-state index in [4.69, 9.17) is 5.73 Å². The number of nitrogens with two attached hydrogens (primary N) is 1. The van der Waals surface area contributed by atoms with Crippen LogP contribution < -0.4 is 5.73 Å². The zero-order valence-corrected chi connectivity index (χ0v) is 12.3. The van der Waals surface area contributed by atoms with Crippen LogP contribution in [0, 0.1) is 5.92 Å². The molecule has 0 bridgehead atoms. The number of nitrogens with zero attached hydrogens (tertiary/aromatic N) is 2. The fourth-order valence-electron chi connectivity index (χ4n) is 3.29. The zero-order chi connectivity index (χ0) is 13.0. The van der Waals surface area contributed by atoms with Crippen LogP contribution in [0.1, 0.15) is 46.0 Å². The molecule has 0 aromatic rings. The largest absolute Gasteiger partial charge is 0.327 e. The summed E-state index contributed by atoms with van der Waals surface area (Å²) in [6.45, 7) is 10.7. The van der Waals surface area contributed by atoms with E-state index in [0.29, 0.717) is 12.0 Å². The topological polar surface area (TPSA) is 32.5 Å². The van der Waals surface area contributed by atoms with Crippen LogP contribution in [0.4, 0.5) is 0 Å². The molecule has 0 spiro atoms. The fourth-order valence-corrected chi connectivity index (χ4v) is 3.29. The lowest BCUT2D eigenvalue weighted by molar-refractivity contribution is 0.0950. The van der Waals surface area contributed by atoms with Crippen molar-refractivity contribution in [2.24, 2.45) is 11.7 Å². The van der Waals surface area contributed by atoms with Crippen LogP contribution in [0.5, 0.6) is 0 Å². The predicted molar refractivity (Wildman–Crippen MR) is 77.7 cm³/mol. The molecule has 0 radical (unpaired) electrons. The number of hydrogen-bond donors (Lipinski definition) is 1. The van der Waals surface area contributed by atoms with E-state index in [0.717, 1.165) is 12.5 Å². The Morgan fingerprint density at radius 3 is 2.22 bits per heavy atom. The van der Waals surface area contributed by atoms with Gasteiger partial charge in [-0.15, -0.1) is 0 Å². The van der Waals surface area contributed by atoms with Crippen molar-refractivity contribution >= 4 is 0 Å². The van der Waals surface area contributed by atoms with Gasteiger partial charge in [-0.1, -0.05) is 26.7 Å². The van der Waals surface area contributed by atoms with Crippen molar-refractivity contribution < 1.29 is 0 Å². The summed E-state index contributed by atoms with van der Waals surface area (Å²) in [6.07, 6.45) is 6.94. The van der Waals surface area contributed by atoms with Crippen molar-refractivity contribution in [2.75, 3.05) is 32.7 Å². The molecule has 1 unspecified atom stereocenters. The highest BCUT2D eigenvalue weighted by Gasteiger charge is 2.26. The Morgan fingerprint density at radius 1 is 1.06 bits per heavy atom. The summed E-state index contributed by atoms with van der Waals surface area (Å²) < 4.78 is 0. The van der Waals surface area contributed by atoms with Crippen LogP contribution in [0.25, 0.3) is 0 Å². The van der Waals surface area contributed by atoms with Crippen LogP contribution in [0.2, 0.25) is 0 Å². The third kappa shape index (κ3) is 3.94.